The first kappa shape index (κ1) is 26.0. The molecule has 0 heterocycles. The van der Waals surface area contributed by atoms with Gasteiger partial charge >= 0.3 is 12.1 Å². The second kappa shape index (κ2) is 12.7. The minimum absolute atomic E-state index is 0.0304. The summed E-state index contributed by atoms with van der Waals surface area (Å²) in [6.45, 7) is 0.0304. The van der Waals surface area contributed by atoms with Crippen LogP contribution in [0.2, 0.25) is 0 Å². The average molecular weight is 490 g/mol. The maximum atomic E-state index is 13.1. The fourth-order valence-electron chi connectivity index (χ4n) is 3.48. The van der Waals surface area contributed by atoms with Gasteiger partial charge in [-0.1, -0.05) is 72.8 Å². The summed E-state index contributed by atoms with van der Waals surface area (Å²) >= 11 is 0. The molecule has 0 aliphatic rings. The number of primary amides is 1. The molecule has 0 aliphatic carbocycles. The Kier molecular flexibility index (Phi) is 9.16. The van der Waals surface area contributed by atoms with Crippen LogP contribution >= 0.6 is 0 Å². The molecule has 9 heteroatoms. The monoisotopic (exact) mass is 489 g/mol. The zero-order valence-corrected chi connectivity index (χ0v) is 19.4. The lowest BCUT2D eigenvalue weighted by Gasteiger charge is -2.22. The normalized spacial score (nSPS) is 12.1. The Balaban J connectivity index is 1.69. The third-order valence-electron chi connectivity index (χ3n) is 5.40. The highest BCUT2D eigenvalue weighted by Gasteiger charge is 2.27. The highest BCUT2D eigenvalue weighted by Crippen LogP contribution is 2.09. The van der Waals surface area contributed by atoms with Gasteiger partial charge in [0, 0.05) is 12.8 Å². The zero-order chi connectivity index (χ0) is 25.9. The van der Waals surface area contributed by atoms with Crippen LogP contribution in [0.3, 0.4) is 0 Å². The topological polar surface area (TPSA) is 148 Å². The van der Waals surface area contributed by atoms with Crippen LogP contribution in [-0.2, 0) is 33.8 Å². The van der Waals surface area contributed by atoms with E-state index < -0.39 is 36.0 Å². The van der Waals surface area contributed by atoms with Gasteiger partial charge in [-0.25, -0.2) is 9.59 Å². The maximum Gasteiger partial charge on any atom is 0.408 e. The van der Waals surface area contributed by atoms with Crippen molar-refractivity contribution in [1.29, 1.82) is 0 Å². The molecule has 2 atom stereocenters. The zero-order valence-electron chi connectivity index (χ0n) is 19.4. The summed E-state index contributed by atoms with van der Waals surface area (Å²) in [5, 5.41) is 14.2. The predicted molar refractivity (Wildman–Crippen MR) is 132 cm³/mol. The van der Waals surface area contributed by atoms with Crippen LogP contribution in [-0.4, -0.2) is 41.1 Å². The molecule has 0 aromatic heterocycles. The Labute approximate surface area is 208 Å². The standard InChI is InChI=1S/C27H27N3O6/c28-24(31)22(15-19-11-13-21(14-12-19)26(33)34)29-25(32)23(16-18-7-3-1-4-8-18)30-27(35)36-17-20-9-5-2-6-10-20/h1-14,22-23H,15-17H2,(H2,28,31)(H,29,32)(H,30,35)(H,33,34)/t22-,23+/m0/s1. The number of carbonyl (C=O) groups is 4. The molecule has 186 valence electrons. The van der Waals surface area contributed by atoms with Crippen LogP contribution in [0.15, 0.2) is 84.9 Å². The number of alkyl carbamates (subject to hydrolysis) is 1. The van der Waals surface area contributed by atoms with Crippen molar-refractivity contribution in [1.82, 2.24) is 10.6 Å². The van der Waals surface area contributed by atoms with Gasteiger partial charge in [0.05, 0.1) is 5.56 Å². The lowest BCUT2D eigenvalue weighted by molar-refractivity contribution is -0.128. The maximum absolute atomic E-state index is 13.1. The van der Waals surface area contributed by atoms with Crippen LogP contribution < -0.4 is 16.4 Å². The average Bonchev–Trinajstić information content (AvgIpc) is 2.88. The van der Waals surface area contributed by atoms with Crippen LogP contribution in [0.25, 0.3) is 0 Å². The van der Waals surface area contributed by atoms with E-state index in [4.69, 9.17) is 15.6 Å². The van der Waals surface area contributed by atoms with Gasteiger partial charge in [-0.2, -0.15) is 0 Å². The van der Waals surface area contributed by atoms with E-state index in [2.05, 4.69) is 10.6 Å². The Hall–Kier alpha value is -4.66. The summed E-state index contributed by atoms with van der Waals surface area (Å²) in [4.78, 5) is 48.7. The van der Waals surface area contributed by atoms with E-state index in [0.717, 1.165) is 11.1 Å². The molecule has 0 bridgehead atoms. The number of amides is 3. The number of aromatic carboxylic acids is 1. The van der Waals surface area contributed by atoms with Gasteiger partial charge in [-0.05, 0) is 28.8 Å². The number of nitrogens with one attached hydrogen (secondary N) is 2. The fraction of sp³-hybridized carbons (Fsp3) is 0.185. The first-order valence-electron chi connectivity index (χ1n) is 11.2. The number of nitrogens with two attached hydrogens (primary N) is 1. The highest BCUT2D eigenvalue weighted by molar-refractivity contribution is 5.91. The number of ether oxygens (including phenoxy) is 1. The van der Waals surface area contributed by atoms with Crippen molar-refractivity contribution in [2.75, 3.05) is 0 Å². The molecular weight excluding hydrogens is 462 g/mol. The molecule has 0 saturated heterocycles. The van der Waals surface area contributed by atoms with Crippen molar-refractivity contribution >= 4 is 23.9 Å². The Morgan fingerprint density at radius 2 is 1.25 bits per heavy atom. The molecule has 3 rings (SSSR count). The Bertz CT molecular complexity index is 1180. The molecular formula is C27H27N3O6. The number of hydrogen-bond donors (Lipinski definition) is 4. The van der Waals surface area contributed by atoms with Gasteiger partial charge in [0.1, 0.15) is 18.7 Å². The lowest BCUT2D eigenvalue weighted by atomic mass is 10.0. The lowest BCUT2D eigenvalue weighted by Crippen LogP contribution is -2.54. The van der Waals surface area contributed by atoms with Gasteiger partial charge in [0.25, 0.3) is 0 Å². The second-order valence-electron chi connectivity index (χ2n) is 8.12. The molecule has 5 N–H and O–H groups in total. The summed E-state index contributed by atoms with van der Waals surface area (Å²) in [5.41, 5.74) is 7.81. The number of benzene rings is 3. The van der Waals surface area contributed by atoms with Crippen molar-refractivity contribution < 1.29 is 29.0 Å². The number of carboxylic acids is 1. The quantitative estimate of drug-likeness (QED) is 0.325. The van der Waals surface area contributed by atoms with Crippen molar-refractivity contribution in [3.63, 3.8) is 0 Å². The van der Waals surface area contributed by atoms with Crippen molar-refractivity contribution in [3.05, 3.63) is 107 Å². The van der Waals surface area contributed by atoms with Crippen LogP contribution in [0.5, 0.6) is 0 Å². The summed E-state index contributed by atoms with van der Waals surface area (Å²) < 4.78 is 5.26. The number of carbonyl (C=O) groups excluding carboxylic acids is 3. The van der Waals surface area contributed by atoms with Crippen molar-refractivity contribution in [2.45, 2.75) is 31.5 Å². The third kappa shape index (κ3) is 7.98. The minimum Gasteiger partial charge on any atom is -0.478 e. The summed E-state index contributed by atoms with van der Waals surface area (Å²) in [7, 11) is 0. The van der Waals surface area contributed by atoms with Crippen LogP contribution in [0, 0.1) is 0 Å². The molecule has 3 amide bonds. The van der Waals surface area contributed by atoms with Crippen molar-refractivity contribution in [3.8, 4) is 0 Å². The summed E-state index contributed by atoms with van der Waals surface area (Å²) in [5.74, 6) is -2.45. The molecule has 0 saturated carbocycles. The molecule has 3 aromatic rings. The van der Waals surface area contributed by atoms with Crippen molar-refractivity contribution in [2.24, 2.45) is 5.73 Å². The van der Waals surface area contributed by atoms with E-state index in [-0.39, 0.29) is 25.0 Å². The second-order valence-corrected chi connectivity index (χ2v) is 8.12. The Morgan fingerprint density at radius 3 is 1.81 bits per heavy atom. The fourth-order valence-corrected chi connectivity index (χ4v) is 3.48. The molecule has 9 nitrogen and oxygen atoms in total. The molecule has 0 radical (unpaired) electrons. The van der Waals surface area contributed by atoms with Gasteiger partial charge in [-0.15, -0.1) is 0 Å². The molecule has 0 aliphatic heterocycles. The van der Waals surface area contributed by atoms with Crippen LogP contribution in [0.4, 0.5) is 4.79 Å². The first-order chi connectivity index (χ1) is 17.3. The molecule has 0 spiro atoms. The SMILES string of the molecule is NC(=O)[C@H](Cc1ccc(C(=O)O)cc1)NC(=O)[C@@H](Cc1ccccc1)NC(=O)OCc1ccccc1. The first-order valence-corrected chi connectivity index (χ1v) is 11.2. The Morgan fingerprint density at radius 1 is 0.722 bits per heavy atom. The van der Waals surface area contributed by atoms with Gasteiger partial charge in [-0.3, -0.25) is 9.59 Å². The summed E-state index contributed by atoms with van der Waals surface area (Å²) in [6, 6.07) is 22.0. The number of hydrogen-bond acceptors (Lipinski definition) is 5. The van der Waals surface area contributed by atoms with Gasteiger partial charge in [0.15, 0.2) is 0 Å². The van der Waals surface area contributed by atoms with Crippen LogP contribution in [0.1, 0.15) is 27.0 Å². The predicted octanol–water partition coefficient (Wildman–Crippen LogP) is 2.44. The third-order valence-corrected chi connectivity index (χ3v) is 5.40. The number of rotatable bonds is 11. The van der Waals surface area contributed by atoms with E-state index >= 15 is 0 Å². The number of carboxylic acid groups (broad SMARTS) is 1. The van der Waals surface area contributed by atoms with E-state index in [1.165, 1.54) is 12.1 Å². The van der Waals surface area contributed by atoms with Gasteiger partial charge in [0.2, 0.25) is 11.8 Å². The molecule has 0 unspecified atom stereocenters. The largest absolute Gasteiger partial charge is 0.478 e. The molecule has 36 heavy (non-hydrogen) atoms. The van der Waals surface area contributed by atoms with Gasteiger partial charge < -0.3 is 26.2 Å². The molecule has 0 fully saturated rings. The highest BCUT2D eigenvalue weighted by atomic mass is 16.5. The van der Waals surface area contributed by atoms with E-state index in [1.807, 2.05) is 60.7 Å². The molecule has 3 aromatic carbocycles. The smallest absolute Gasteiger partial charge is 0.408 e. The van der Waals surface area contributed by atoms with E-state index in [9.17, 15) is 19.2 Å². The minimum atomic E-state index is -1.08. The van der Waals surface area contributed by atoms with E-state index in [1.54, 1.807) is 12.1 Å². The summed E-state index contributed by atoms with van der Waals surface area (Å²) in [6.07, 6.45) is -0.571. The van der Waals surface area contributed by atoms with E-state index in [0.29, 0.717) is 5.56 Å².